The Kier molecular flexibility index (Phi) is 16.0. The van der Waals surface area contributed by atoms with Gasteiger partial charge in [-0.05, 0) is 79.3 Å². The molecule has 6 heterocycles. The Hall–Kier alpha value is -2.52. The van der Waals surface area contributed by atoms with Gasteiger partial charge in [0.25, 0.3) is 0 Å². The number of hydrogen-bond acceptors (Lipinski definition) is 10. The molecule has 0 radical (unpaired) electrons. The number of rotatable bonds is 14. The lowest BCUT2D eigenvalue weighted by molar-refractivity contribution is -0.338. The zero-order valence-electron chi connectivity index (χ0n) is 43.4. The molecule has 0 aromatic heterocycles. The van der Waals surface area contributed by atoms with Crippen LogP contribution in [0, 0.1) is 23.7 Å². The van der Waals surface area contributed by atoms with Crippen LogP contribution in [0.2, 0.25) is 18.1 Å². The highest BCUT2D eigenvalue weighted by atomic mass is 28.4. The first-order valence-electron chi connectivity index (χ1n) is 26.6. The molecule has 1 spiro atoms. The molecule has 6 fully saturated rings. The normalized spacial score (nSPS) is 38.7. The third-order valence-corrected chi connectivity index (χ3v) is 22.0. The van der Waals surface area contributed by atoms with Gasteiger partial charge in [0.05, 0.1) is 87.5 Å². The molecule has 9 rings (SSSR count). The molecule has 0 amide bonds. The highest BCUT2D eigenvalue weighted by Gasteiger charge is 2.62. The fraction of sp³-hybridized carbons (Fsp3) is 0.690. The van der Waals surface area contributed by atoms with Crippen molar-refractivity contribution in [3.8, 4) is 0 Å². The van der Waals surface area contributed by atoms with E-state index in [4.69, 9.17) is 47.1 Å². The Morgan fingerprint density at radius 2 is 1.25 bits per heavy atom. The lowest BCUT2D eigenvalue weighted by Gasteiger charge is -2.54. The topological polar surface area (TPSA) is 92.3 Å². The summed E-state index contributed by atoms with van der Waals surface area (Å²) in [4.78, 5) is 0. The summed E-state index contributed by atoms with van der Waals surface area (Å²) in [7, 11) is -2.26. The van der Waals surface area contributed by atoms with Crippen LogP contribution in [0.5, 0.6) is 0 Å². The van der Waals surface area contributed by atoms with E-state index < -0.39 is 19.7 Å². The second-order valence-corrected chi connectivity index (χ2v) is 28.2. The molecular weight excluding hydrogens is 885 g/mol. The van der Waals surface area contributed by atoms with Gasteiger partial charge in [-0.15, -0.1) is 0 Å². The Bertz CT molecular complexity index is 2060. The smallest absolute Gasteiger partial charge is 0.192 e. The van der Waals surface area contributed by atoms with Crippen molar-refractivity contribution in [2.45, 2.75) is 217 Å². The Morgan fingerprint density at radius 1 is 0.652 bits per heavy atom. The molecule has 3 aromatic carbocycles. The van der Waals surface area contributed by atoms with Gasteiger partial charge in [-0.1, -0.05) is 139 Å². The van der Waals surface area contributed by atoms with Crippen molar-refractivity contribution in [2.75, 3.05) is 13.2 Å². The summed E-state index contributed by atoms with van der Waals surface area (Å²) in [6.07, 6.45) is 3.21. The first kappa shape index (κ1) is 51.4. The van der Waals surface area contributed by atoms with E-state index in [2.05, 4.69) is 141 Å². The van der Waals surface area contributed by atoms with E-state index in [0.717, 1.165) is 55.4 Å². The molecule has 0 aliphatic carbocycles. The zero-order valence-corrected chi connectivity index (χ0v) is 44.4. The van der Waals surface area contributed by atoms with Gasteiger partial charge in [0.15, 0.2) is 14.1 Å². The lowest BCUT2D eigenvalue weighted by Crippen LogP contribution is -2.64. The van der Waals surface area contributed by atoms with Gasteiger partial charge in [0.1, 0.15) is 11.7 Å². The zero-order chi connectivity index (χ0) is 48.6. The van der Waals surface area contributed by atoms with Gasteiger partial charge in [-0.25, -0.2) is 0 Å². The molecular formula is C58H84O10Si. The standard InChI is InChI=1S/C58H84O10Si/c1-38-31-45-46(33-49-52(64-45)40(3)54(68-69(9,10)56(5,6)7)55-53(65-49)39(2)41(4)58(67-55)28-20-29-62-58)63-47-34-51(61-37-44-25-18-13-19-26-44)57(8,66-48(47)32-38)50(60-36-43-23-16-12-17-24-43)27-30-59-35-42-21-14-11-15-22-42/h11-19,21-26,38-41,45-55H,20,27-37H2,1-10H3/t38-,39+,40-,41+,45+,46-,47+,48-,49+,50-,51-,52-,53-,54+,55-,57+,58-/m1/s1. The van der Waals surface area contributed by atoms with Crippen molar-refractivity contribution in [3.05, 3.63) is 108 Å². The first-order chi connectivity index (χ1) is 33.0. The predicted molar refractivity (Wildman–Crippen MR) is 270 cm³/mol. The average molecular weight is 969 g/mol. The molecule has 3 aromatic rings. The van der Waals surface area contributed by atoms with Gasteiger partial charge in [-0.3, -0.25) is 0 Å². The summed E-state index contributed by atoms with van der Waals surface area (Å²) in [5.41, 5.74) is 2.57. The molecule has 69 heavy (non-hydrogen) atoms. The molecule has 0 unspecified atom stereocenters. The minimum Gasteiger partial charge on any atom is -0.411 e. The maximum Gasteiger partial charge on any atom is 0.192 e. The molecule has 11 heteroatoms. The maximum atomic E-state index is 7.56. The first-order valence-corrected chi connectivity index (χ1v) is 29.5. The Labute approximate surface area is 415 Å². The molecule has 0 bridgehead atoms. The van der Waals surface area contributed by atoms with Crippen LogP contribution in [-0.2, 0) is 66.9 Å². The summed E-state index contributed by atoms with van der Waals surface area (Å²) in [5, 5.41) is 0.0206. The van der Waals surface area contributed by atoms with E-state index in [-0.39, 0.29) is 89.9 Å². The van der Waals surface area contributed by atoms with Crippen LogP contribution >= 0.6 is 0 Å². The van der Waals surface area contributed by atoms with Gasteiger partial charge in [-0.2, -0.15) is 0 Å². The maximum absolute atomic E-state index is 7.56. The number of benzene rings is 3. The van der Waals surface area contributed by atoms with Crippen molar-refractivity contribution in [1.29, 1.82) is 0 Å². The summed E-state index contributed by atoms with van der Waals surface area (Å²) in [6.45, 7) is 25.9. The van der Waals surface area contributed by atoms with Gasteiger partial charge < -0.3 is 47.1 Å². The van der Waals surface area contributed by atoms with Crippen molar-refractivity contribution in [2.24, 2.45) is 23.7 Å². The van der Waals surface area contributed by atoms with E-state index in [1.54, 1.807) is 0 Å². The van der Waals surface area contributed by atoms with Crippen LogP contribution in [-0.4, -0.2) is 100 Å². The van der Waals surface area contributed by atoms with E-state index in [0.29, 0.717) is 45.2 Å². The fourth-order valence-corrected chi connectivity index (χ4v) is 13.6. The molecule has 6 aliphatic rings. The average Bonchev–Trinajstić information content (AvgIpc) is 3.77. The number of fused-ring (bicyclic) bond motifs is 4. The second-order valence-electron chi connectivity index (χ2n) is 23.5. The summed E-state index contributed by atoms with van der Waals surface area (Å²) in [6, 6.07) is 31.2. The largest absolute Gasteiger partial charge is 0.411 e. The monoisotopic (exact) mass is 969 g/mol. The van der Waals surface area contributed by atoms with Crippen LogP contribution in [0.3, 0.4) is 0 Å². The number of ether oxygens (including phenoxy) is 9. The van der Waals surface area contributed by atoms with E-state index in [1.807, 2.05) is 18.2 Å². The van der Waals surface area contributed by atoms with Crippen molar-refractivity contribution in [3.63, 3.8) is 0 Å². The van der Waals surface area contributed by atoms with Crippen LogP contribution in [0.1, 0.15) is 117 Å². The Balaban J connectivity index is 0.990. The second kappa shape index (κ2) is 21.5. The third kappa shape index (κ3) is 11.2. The molecule has 0 saturated carbocycles. The summed E-state index contributed by atoms with van der Waals surface area (Å²) >= 11 is 0. The van der Waals surface area contributed by atoms with Crippen molar-refractivity contribution < 1.29 is 47.1 Å². The summed E-state index contributed by atoms with van der Waals surface area (Å²) < 4.78 is 71.8. The SMILES string of the molecule is C[C@@H]1C[C@@H]2O[C@@H]3[C@@H](C)[C@H](O[Si](C)(C)C(C)(C)C)[C@@H]4O[C@]5(CCCO5)[C@@H](C)[C@H](C)[C@H]4O[C@H]3C[C@H]2O[C@H]2C[C@@H](OCc3ccccc3)[C@](C)([C@@H](CCOCc3ccccc3)OCc3ccccc3)O[C@@H]2C1. The van der Waals surface area contributed by atoms with E-state index >= 15 is 0 Å². The van der Waals surface area contributed by atoms with E-state index in [9.17, 15) is 0 Å². The highest BCUT2D eigenvalue weighted by molar-refractivity contribution is 6.74. The highest BCUT2D eigenvalue weighted by Crippen LogP contribution is 2.53. The van der Waals surface area contributed by atoms with Crippen LogP contribution < -0.4 is 0 Å². The van der Waals surface area contributed by atoms with Crippen molar-refractivity contribution in [1.82, 2.24) is 0 Å². The lowest BCUT2D eigenvalue weighted by atomic mass is 9.76. The number of hydrogen-bond donors (Lipinski definition) is 0. The molecule has 0 N–H and O–H groups in total. The van der Waals surface area contributed by atoms with E-state index in [1.165, 1.54) is 0 Å². The van der Waals surface area contributed by atoms with Gasteiger partial charge in [0.2, 0.25) is 0 Å². The van der Waals surface area contributed by atoms with Crippen molar-refractivity contribution >= 4 is 8.32 Å². The van der Waals surface area contributed by atoms with Gasteiger partial charge in [0, 0.05) is 37.7 Å². The van der Waals surface area contributed by atoms with Crippen LogP contribution in [0.15, 0.2) is 91.0 Å². The molecule has 10 nitrogen and oxygen atoms in total. The van der Waals surface area contributed by atoms with Crippen LogP contribution in [0.25, 0.3) is 0 Å². The van der Waals surface area contributed by atoms with Crippen LogP contribution in [0.4, 0.5) is 0 Å². The Morgan fingerprint density at radius 3 is 1.88 bits per heavy atom. The third-order valence-electron chi connectivity index (χ3n) is 17.6. The minimum atomic E-state index is -2.26. The minimum absolute atomic E-state index is 0.0200. The summed E-state index contributed by atoms with van der Waals surface area (Å²) in [5.74, 6) is 0.0532. The quantitative estimate of drug-likeness (QED) is 0.115. The fourth-order valence-electron chi connectivity index (χ4n) is 12.2. The molecule has 17 atom stereocenters. The molecule has 6 saturated heterocycles. The van der Waals surface area contributed by atoms with Gasteiger partial charge >= 0.3 is 0 Å². The molecule has 6 aliphatic heterocycles. The molecule has 380 valence electrons. The predicted octanol–water partition coefficient (Wildman–Crippen LogP) is 11.6.